The van der Waals surface area contributed by atoms with Crippen molar-refractivity contribution in [1.82, 2.24) is 10.2 Å². The highest BCUT2D eigenvalue weighted by molar-refractivity contribution is 7.92. The van der Waals surface area contributed by atoms with Crippen LogP contribution in [0.4, 0.5) is 5.69 Å². The van der Waals surface area contributed by atoms with Gasteiger partial charge in [0.25, 0.3) is 10.0 Å². The van der Waals surface area contributed by atoms with Gasteiger partial charge in [-0.05, 0) is 88.9 Å². The number of nitrogens with one attached hydrogen (secondary N) is 1. The predicted molar refractivity (Wildman–Crippen MR) is 161 cm³/mol. The van der Waals surface area contributed by atoms with E-state index in [-0.39, 0.29) is 23.4 Å². The highest BCUT2D eigenvalue weighted by Crippen LogP contribution is 2.27. The zero-order valence-electron chi connectivity index (χ0n) is 24.6. The van der Waals surface area contributed by atoms with Gasteiger partial charge in [0, 0.05) is 12.6 Å². The Bertz CT molecular complexity index is 1430. The first-order valence-electron chi connectivity index (χ1n) is 13.6. The van der Waals surface area contributed by atoms with Crippen molar-refractivity contribution in [3.05, 3.63) is 94.5 Å². The summed E-state index contributed by atoms with van der Waals surface area (Å²) >= 11 is 0. The van der Waals surface area contributed by atoms with E-state index in [9.17, 15) is 18.0 Å². The second-order valence-electron chi connectivity index (χ2n) is 10.8. The lowest BCUT2D eigenvalue weighted by atomic mass is 10.1. The maximum Gasteiger partial charge on any atom is 0.264 e. The molecule has 0 saturated carbocycles. The first-order chi connectivity index (χ1) is 18.8. The molecule has 2 amide bonds. The maximum absolute atomic E-state index is 14.1. The summed E-state index contributed by atoms with van der Waals surface area (Å²) in [4.78, 5) is 29.0. The summed E-state index contributed by atoms with van der Waals surface area (Å²) < 4.78 is 29.2. The van der Waals surface area contributed by atoms with Crippen LogP contribution >= 0.6 is 0 Å². The van der Waals surface area contributed by atoms with Crippen molar-refractivity contribution in [3.8, 4) is 0 Å². The van der Waals surface area contributed by atoms with Crippen LogP contribution in [0.5, 0.6) is 0 Å². The number of aryl methyl sites for hydroxylation is 4. The normalized spacial score (nSPS) is 12.2. The summed E-state index contributed by atoms with van der Waals surface area (Å²) in [6.45, 7) is 13.0. The molecule has 214 valence electrons. The van der Waals surface area contributed by atoms with E-state index in [0.717, 1.165) is 32.1 Å². The minimum atomic E-state index is -4.10. The first kappa shape index (κ1) is 30.9. The second-order valence-corrected chi connectivity index (χ2v) is 12.6. The van der Waals surface area contributed by atoms with E-state index >= 15 is 0 Å². The van der Waals surface area contributed by atoms with Crippen molar-refractivity contribution >= 4 is 27.5 Å². The molecule has 0 spiro atoms. The number of hydrogen-bond donors (Lipinski definition) is 1. The molecule has 0 heterocycles. The third-order valence-corrected chi connectivity index (χ3v) is 8.42. The number of hydrogen-bond acceptors (Lipinski definition) is 4. The number of amides is 2. The summed E-state index contributed by atoms with van der Waals surface area (Å²) in [6.07, 6.45) is 0.379. The molecule has 1 N–H and O–H groups in total. The minimum Gasteiger partial charge on any atom is -0.352 e. The lowest BCUT2D eigenvalue weighted by Gasteiger charge is -2.33. The SMILES string of the molecule is CCC(C(=O)NC(C)C)N(Cc1cccc(C)c1)C(=O)CN(c1cc(C)cc(C)c1)S(=O)(=O)c1ccc(C)cc1. The van der Waals surface area contributed by atoms with Crippen molar-refractivity contribution in [1.29, 1.82) is 0 Å². The minimum absolute atomic E-state index is 0.0971. The van der Waals surface area contributed by atoms with Gasteiger partial charge < -0.3 is 10.2 Å². The Morgan fingerprint density at radius 2 is 1.45 bits per heavy atom. The predicted octanol–water partition coefficient (Wildman–Crippen LogP) is 5.45. The Morgan fingerprint density at radius 3 is 2.00 bits per heavy atom. The third-order valence-electron chi connectivity index (χ3n) is 6.63. The fraction of sp³-hybridized carbons (Fsp3) is 0.375. The van der Waals surface area contributed by atoms with Crippen LogP contribution in [-0.2, 0) is 26.2 Å². The summed E-state index contributed by atoms with van der Waals surface area (Å²) in [5, 5.41) is 2.92. The smallest absolute Gasteiger partial charge is 0.264 e. The van der Waals surface area contributed by atoms with Gasteiger partial charge in [0.05, 0.1) is 10.6 Å². The van der Waals surface area contributed by atoms with Gasteiger partial charge in [0.1, 0.15) is 12.6 Å². The molecule has 0 aliphatic carbocycles. The van der Waals surface area contributed by atoms with Gasteiger partial charge >= 0.3 is 0 Å². The molecule has 0 aromatic heterocycles. The number of benzene rings is 3. The van der Waals surface area contributed by atoms with Crippen LogP contribution in [0, 0.1) is 27.7 Å². The summed E-state index contributed by atoms with van der Waals surface area (Å²) in [5.74, 6) is -0.722. The fourth-order valence-electron chi connectivity index (χ4n) is 4.77. The molecule has 0 aliphatic heterocycles. The van der Waals surface area contributed by atoms with Crippen LogP contribution < -0.4 is 9.62 Å². The van der Waals surface area contributed by atoms with Crippen molar-refractivity contribution in [2.45, 2.75) is 78.4 Å². The lowest BCUT2D eigenvalue weighted by Crippen LogP contribution is -2.53. The Balaban J connectivity index is 2.10. The number of nitrogens with zero attached hydrogens (tertiary/aromatic N) is 2. The molecule has 8 heteroatoms. The fourth-order valence-corrected chi connectivity index (χ4v) is 6.17. The molecule has 0 aliphatic rings. The average molecular weight is 564 g/mol. The molecule has 40 heavy (non-hydrogen) atoms. The van der Waals surface area contributed by atoms with Gasteiger partial charge in [-0.15, -0.1) is 0 Å². The molecule has 7 nitrogen and oxygen atoms in total. The van der Waals surface area contributed by atoms with Crippen LogP contribution in [0.1, 0.15) is 55.0 Å². The highest BCUT2D eigenvalue weighted by atomic mass is 32.2. The monoisotopic (exact) mass is 563 g/mol. The van der Waals surface area contributed by atoms with Crippen molar-refractivity contribution in [2.75, 3.05) is 10.8 Å². The van der Waals surface area contributed by atoms with Gasteiger partial charge in [-0.25, -0.2) is 8.42 Å². The van der Waals surface area contributed by atoms with Crippen molar-refractivity contribution < 1.29 is 18.0 Å². The van der Waals surface area contributed by atoms with Crippen LogP contribution in [0.3, 0.4) is 0 Å². The van der Waals surface area contributed by atoms with Crippen LogP contribution in [-0.4, -0.2) is 43.8 Å². The van der Waals surface area contributed by atoms with Gasteiger partial charge in [-0.2, -0.15) is 0 Å². The average Bonchev–Trinajstić information content (AvgIpc) is 2.86. The van der Waals surface area contributed by atoms with Crippen molar-refractivity contribution in [3.63, 3.8) is 0 Å². The van der Waals surface area contributed by atoms with Crippen LogP contribution in [0.15, 0.2) is 71.6 Å². The molecule has 1 unspecified atom stereocenters. The number of carbonyl (C=O) groups is 2. The Hall–Kier alpha value is -3.65. The van der Waals surface area contributed by atoms with E-state index < -0.39 is 28.5 Å². The molecule has 0 fully saturated rings. The molecule has 0 radical (unpaired) electrons. The topological polar surface area (TPSA) is 86.8 Å². The number of carbonyl (C=O) groups excluding carboxylic acids is 2. The zero-order valence-corrected chi connectivity index (χ0v) is 25.4. The summed E-state index contributed by atoms with van der Waals surface area (Å²) in [6, 6.07) is 19.0. The zero-order chi connectivity index (χ0) is 29.6. The van der Waals surface area contributed by atoms with E-state index in [4.69, 9.17) is 0 Å². The molecule has 3 aromatic carbocycles. The lowest BCUT2D eigenvalue weighted by molar-refractivity contribution is -0.140. The summed E-state index contributed by atoms with van der Waals surface area (Å²) in [7, 11) is -4.10. The molecule has 0 saturated heterocycles. The highest BCUT2D eigenvalue weighted by Gasteiger charge is 2.34. The number of anilines is 1. The standard InChI is InChI=1S/C32H41N3O4S/c1-8-30(32(37)33-22(2)3)34(20-27-11-9-10-24(5)17-27)31(36)21-35(28-18-25(6)16-26(7)19-28)40(38,39)29-14-12-23(4)13-15-29/h9-19,22,30H,8,20-21H2,1-7H3,(H,33,37). The van der Waals surface area contributed by atoms with Crippen LogP contribution in [0.2, 0.25) is 0 Å². The van der Waals surface area contributed by atoms with Crippen LogP contribution in [0.25, 0.3) is 0 Å². The maximum atomic E-state index is 14.1. The Kier molecular flexibility index (Phi) is 10.1. The van der Waals surface area contributed by atoms with Gasteiger partial charge in [0.15, 0.2) is 0 Å². The van der Waals surface area contributed by atoms with E-state index in [0.29, 0.717) is 12.1 Å². The molecule has 1 atom stereocenters. The molecular weight excluding hydrogens is 522 g/mol. The van der Waals surface area contributed by atoms with Crippen molar-refractivity contribution in [2.24, 2.45) is 0 Å². The van der Waals surface area contributed by atoms with Gasteiger partial charge in [-0.1, -0.05) is 60.5 Å². The van der Waals surface area contributed by atoms with E-state index in [2.05, 4.69) is 5.32 Å². The first-order valence-corrected chi connectivity index (χ1v) is 15.1. The number of sulfonamides is 1. The molecule has 3 rings (SSSR count). The Morgan fingerprint density at radius 1 is 0.825 bits per heavy atom. The quantitative estimate of drug-likeness (QED) is 0.336. The third kappa shape index (κ3) is 7.72. The number of rotatable bonds is 11. The van der Waals surface area contributed by atoms with E-state index in [1.165, 1.54) is 4.90 Å². The van der Waals surface area contributed by atoms with E-state index in [1.54, 1.807) is 36.4 Å². The molecule has 3 aromatic rings. The second kappa shape index (κ2) is 13.1. The molecule has 0 bridgehead atoms. The Labute approximate surface area is 239 Å². The molecular formula is C32H41N3O4S. The van der Waals surface area contributed by atoms with Gasteiger partial charge in [0.2, 0.25) is 11.8 Å². The largest absolute Gasteiger partial charge is 0.352 e. The summed E-state index contributed by atoms with van der Waals surface area (Å²) in [5.41, 5.74) is 4.99. The van der Waals surface area contributed by atoms with Gasteiger partial charge in [-0.3, -0.25) is 13.9 Å². The van der Waals surface area contributed by atoms with E-state index in [1.807, 2.05) is 78.8 Å².